The molecule has 0 aliphatic heterocycles. The standard InChI is InChI=1S/C7H10O5/c1-4-11-7(9)12-5(2)6(8)10-3/h2,4H2,1,3H3. The lowest BCUT2D eigenvalue weighted by Crippen LogP contribution is -2.13. The molecule has 0 heterocycles. The third-order valence-corrected chi connectivity index (χ3v) is 0.882. The monoisotopic (exact) mass is 174 g/mol. The molecular weight excluding hydrogens is 164 g/mol. The second kappa shape index (κ2) is 5.17. The van der Waals surface area contributed by atoms with Crippen LogP contribution in [-0.2, 0) is 19.0 Å². The molecule has 0 aromatic heterocycles. The van der Waals surface area contributed by atoms with E-state index >= 15 is 0 Å². The van der Waals surface area contributed by atoms with Crippen LogP contribution in [0.25, 0.3) is 0 Å². The van der Waals surface area contributed by atoms with Gasteiger partial charge in [0.2, 0.25) is 5.76 Å². The molecule has 12 heavy (non-hydrogen) atoms. The first-order valence-corrected chi connectivity index (χ1v) is 3.23. The smallest absolute Gasteiger partial charge is 0.463 e. The van der Waals surface area contributed by atoms with Crippen molar-refractivity contribution in [1.82, 2.24) is 0 Å². The number of ether oxygens (including phenoxy) is 3. The van der Waals surface area contributed by atoms with E-state index < -0.39 is 17.9 Å². The minimum atomic E-state index is -0.965. The van der Waals surface area contributed by atoms with E-state index in [4.69, 9.17) is 0 Å². The fourth-order valence-electron chi connectivity index (χ4n) is 0.403. The number of hydrogen-bond donors (Lipinski definition) is 0. The molecule has 0 rings (SSSR count). The van der Waals surface area contributed by atoms with Gasteiger partial charge in [0.1, 0.15) is 0 Å². The highest BCUT2D eigenvalue weighted by molar-refractivity contribution is 5.87. The number of methoxy groups -OCH3 is 1. The van der Waals surface area contributed by atoms with Gasteiger partial charge in [-0.05, 0) is 13.5 Å². The molecule has 0 fully saturated rings. The lowest BCUT2D eigenvalue weighted by molar-refractivity contribution is -0.139. The molecule has 5 nitrogen and oxygen atoms in total. The molecule has 5 heteroatoms. The molecule has 0 saturated carbocycles. The summed E-state index contributed by atoms with van der Waals surface area (Å²) in [6.45, 7) is 4.94. The van der Waals surface area contributed by atoms with Crippen LogP contribution >= 0.6 is 0 Å². The Morgan fingerprint density at radius 1 is 1.42 bits per heavy atom. The second-order valence-electron chi connectivity index (χ2n) is 1.70. The Morgan fingerprint density at radius 2 is 2.00 bits per heavy atom. The summed E-state index contributed by atoms with van der Waals surface area (Å²) in [4.78, 5) is 21.2. The van der Waals surface area contributed by atoms with Crippen molar-refractivity contribution in [2.24, 2.45) is 0 Å². The number of rotatable bonds is 3. The topological polar surface area (TPSA) is 61.8 Å². The fraction of sp³-hybridized carbons (Fsp3) is 0.429. The maximum absolute atomic E-state index is 10.6. The first-order chi connectivity index (χ1) is 5.61. The van der Waals surface area contributed by atoms with E-state index in [0.717, 1.165) is 7.11 Å². The molecule has 0 bridgehead atoms. The zero-order valence-electron chi connectivity index (χ0n) is 6.96. The third kappa shape index (κ3) is 3.60. The van der Waals surface area contributed by atoms with Crippen LogP contribution in [0.3, 0.4) is 0 Å². The predicted octanol–water partition coefficient (Wildman–Crippen LogP) is 0.846. The molecular formula is C7H10O5. The SMILES string of the molecule is C=C(OC(=O)OCC)C(=O)OC. The zero-order chi connectivity index (χ0) is 9.56. The summed E-state index contributed by atoms with van der Waals surface area (Å²) < 4.78 is 12.9. The average Bonchev–Trinajstić information content (AvgIpc) is 2.03. The molecule has 0 aromatic carbocycles. The first kappa shape index (κ1) is 10.5. The summed E-state index contributed by atoms with van der Waals surface area (Å²) in [6, 6.07) is 0. The van der Waals surface area contributed by atoms with Gasteiger partial charge in [-0.3, -0.25) is 0 Å². The van der Waals surface area contributed by atoms with Gasteiger partial charge in [-0.2, -0.15) is 0 Å². The van der Waals surface area contributed by atoms with E-state index in [1.54, 1.807) is 6.92 Å². The number of carbonyl (C=O) groups excluding carboxylic acids is 2. The van der Waals surface area contributed by atoms with Gasteiger partial charge < -0.3 is 14.2 Å². The van der Waals surface area contributed by atoms with Crippen LogP contribution in [-0.4, -0.2) is 25.8 Å². The summed E-state index contributed by atoms with van der Waals surface area (Å²) in [6.07, 6.45) is -0.965. The Kier molecular flexibility index (Phi) is 4.52. The van der Waals surface area contributed by atoms with Gasteiger partial charge in [0.15, 0.2) is 0 Å². The lowest BCUT2D eigenvalue weighted by Gasteiger charge is -2.03. The molecule has 0 atom stereocenters. The third-order valence-electron chi connectivity index (χ3n) is 0.882. The van der Waals surface area contributed by atoms with Crippen LogP contribution < -0.4 is 0 Å². The molecule has 0 radical (unpaired) electrons. The molecule has 0 amide bonds. The zero-order valence-corrected chi connectivity index (χ0v) is 6.96. The van der Waals surface area contributed by atoms with Gasteiger partial charge in [0, 0.05) is 0 Å². The number of carbonyl (C=O) groups is 2. The van der Waals surface area contributed by atoms with E-state index in [-0.39, 0.29) is 6.61 Å². The van der Waals surface area contributed by atoms with Crippen molar-refractivity contribution < 1.29 is 23.8 Å². The van der Waals surface area contributed by atoms with Crippen LogP contribution in [0.4, 0.5) is 4.79 Å². The molecule has 0 aliphatic carbocycles. The lowest BCUT2D eigenvalue weighted by atomic mass is 10.6. The highest BCUT2D eigenvalue weighted by Gasteiger charge is 2.13. The van der Waals surface area contributed by atoms with E-state index in [9.17, 15) is 9.59 Å². The van der Waals surface area contributed by atoms with Crippen molar-refractivity contribution in [3.63, 3.8) is 0 Å². The number of esters is 1. The average molecular weight is 174 g/mol. The summed E-state index contributed by atoms with van der Waals surface area (Å²) >= 11 is 0. The fourth-order valence-corrected chi connectivity index (χ4v) is 0.403. The number of hydrogen-bond acceptors (Lipinski definition) is 5. The minimum absolute atomic E-state index is 0.174. The van der Waals surface area contributed by atoms with Crippen LogP contribution in [0, 0.1) is 0 Å². The van der Waals surface area contributed by atoms with Crippen molar-refractivity contribution in [2.75, 3.05) is 13.7 Å². The first-order valence-electron chi connectivity index (χ1n) is 3.23. The molecule has 0 spiro atoms. The highest BCUT2D eigenvalue weighted by atomic mass is 16.7. The summed E-state index contributed by atoms with van der Waals surface area (Å²) in [7, 11) is 1.15. The highest BCUT2D eigenvalue weighted by Crippen LogP contribution is 1.98. The van der Waals surface area contributed by atoms with Gasteiger partial charge in [0.05, 0.1) is 13.7 Å². The Morgan fingerprint density at radius 3 is 2.42 bits per heavy atom. The molecule has 0 saturated heterocycles. The van der Waals surface area contributed by atoms with Crippen molar-refractivity contribution in [1.29, 1.82) is 0 Å². The maximum atomic E-state index is 10.6. The van der Waals surface area contributed by atoms with Crippen LogP contribution in [0.2, 0.25) is 0 Å². The Hall–Kier alpha value is -1.52. The summed E-state index contributed by atoms with van der Waals surface area (Å²) in [5.41, 5.74) is 0. The van der Waals surface area contributed by atoms with Crippen molar-refractivity contribution in [3.05, 3.63) is 12.3 Å². The van der Waals surface area contributed by atoms with Gasteiger partial charge in [-0.15, -0.1) is 0 Å². The quantitative estimate of drug-likeness (QED) is 0.360. The molecule has 0 aliphatic rings. The Labute approximate surface area is 69.9 Å². The van der Waals surface area contributed by atoms with E-state index in [2.05, 4.69) is 20.8 Å². The molecule has 68 valence electrons. The normalized spacial score (nSPS) is 8.50. The van der Waals surface area contributed by atoms with E-state index in [0.29, 0.717) is 0 Å². The van der Waals surface area contributed by atoms with E-state index in [1.807, 2.05) is 0 Å². The van der Waals surface area contributed by atoms with Crippen LogP contribution in [0.5, 0.6) is 0 Å². The second-order valence-corrected chi connectivity index (χ2v) is 1.70. The predicted molar refractivity (Wildman–Crippen MR) is 39.3 cm³/mol. The van der Waals surface area contributed by atoms with Crippen molar-refractivity contribution >= 4 is 12.1 Å². The van der Waals surface area contributed by atoms with Crippen molar-refractivity contribution in [3.8, 4) is 0 Å². The Balaban J connectivity index is 3.84. The Bertz CT molecular complexity index is 196. The van der Waals surface area contributed by atoms with Crippen molar-refractivity contribution in [2.45, 2.75) is 6.92 Å². The maximum Gasteiger partial charge on any atom is 0.514 e. The molecule has 0 aromatic rings. The van der Waals surface area contributed by atoms with Crippen LogP contribution in [0.1, 0.15) is 6.92 Å². The van der Waals surface area contributed by atoms with Gasteiger partial charge >= 0.3 is 12.1 Å². The minimum Gasteiger partial charge on any atom is -0.463 e. The van der Waals surface area contributed by atoms with Crippen LogP contribution in [0.15, 0.2) is 12.3 Å². The van der Waals surface area contributed by atoms with Gasteiger partial charge in [-0.1, -0.05) is 0 Å². The van der Waals surface area contributed by atoms with Gasteiger partial charge in [-0.25, -0.2) is 9.59 Å². The largest absolute Gasteiger partial charge is 0.514 e. The molecule has 0 unspecified atom stereocenters. The summed E-state index contributed by atoms with van der Waals surface area (Å²) in [5.74, 6) is -1.20. The molecule has 0 N–H and O–H groups in total. The summed E-state index contributed by atoms with van der Waals surface area (Å²) in [5, 5.41) is 0. The van der Waals surface area contributed by atoms with Gasteiger partial charge in [0.25, 0.3) is 0 Å². The van der Waals surface area contributed by atoms with E-state index in [1.165, 1.54) is 0 Å².